The highest BCUT2D eigenvalue weighted by Gasteiger charge is 2.42. The quantitative estimate of drug-likeness (QED) is 0.462. The van der Waals surface area contributed by atoms with Crippen LogP contribution in [0.5, 0.6) is 0 Å². The topological polar surface area (TPSA) is 123 Å². The van der Waals surface area contributed by atoms with Gasteiger partial charge in [0.25, 0.3) is 0 Å². The number of Topliss-reactive ketones (excluding diaryl/α,β-unsaturated/α-hetero) is 1. The minimum absolute atomic E-state index is 0.156. The SMILES string of the molecule is CC1=C/C[C@@H](/C(C)=C/c2nc(C)sc2-c2ncco2)OC(=O)C[C@H](O)C(C)(C)C(=O)[C@H](C)[C@@H](O)[C@@H](C)C\C=C\1. The summed E-state index contributed by atoms with van der Waals surface area (Å²) in [5, 5.41) is 22.6. The summed E-state index contributed by atoms with van der Waals surface area (Å²) in [4.78, 5) is 36.0. The van der Waals surface area contributed by atoms with Crippen molar-refractivity contribution >= 4 is 29.2 Å². The number of hydrogen-bond acceptors (Lipinski definition) is 9. The van der Waals surface area contributed by atoms with Crippen LogP contribution in [-0.2, 0) is 14.3 Å². The third-order valence-electron chi connectivity index (χ3n) is 7.41. The van der Waals surface area contributed by atoms with E-state index in [0.29, 0.717) is 24.4 Å². The normalized spacial score (nSPS) is 29.9. The number of carbonyl (C=O) groups excluding carboxylic acids is 2. The van der Waals surface area contributed by atoms with Gasteiger partial charge < -0.3 is 19.4 Å². The number of aliphatic hydroxyl groups excluding tert-OH is 2. The Hall–Kier alpha value is -2.88. The number of esters is 1. The Balaban J connectivity index is 1.95. The van der Waals surface area contributed by atoms with E-state index in [2.05, 4.69) is 9.97 Å². The van der Waals surface area contributed by atoms with Crippen LogP contribution in [-0.4, -0.2) is 50.2 Å². The molecule has 212 valence electrons. The van der Waals surface area contributed by atoms with Gasteiger partial charge in [-0.3, -0.25) is 9.59 Å². The predicted molar refractivity (Wildman–Crippen MR) is 152 cm³/mol. The number of oxazole rings is 1. The Bertz CT molecular complexity index is 1240. The number of allylic oxidation sites excluding steroid dienone is 3. The van der Waals surface area contributed by atoms with Gasteiger partial charge in [-0.15, -0.1) is 11.3 Å². The zero-order valence-corrected chi connectivity index (χ0v) is 24.6. The molecule has 0 bridgehead atoms. The van der Waals surface area contributed by atoms with Crippen molar-refractivity contribution < 1.29 is 29.0 Å². The van der Waals surface area contributed by atoms with Crippen molar-refractivity contribution in [2.75, 3.05) is 0 Å². The summed E-state index contributed by atoms with van der Waals surface area (Å²) in [6, 6.07) is 0. The number of thiazole rings is 1. The minimum atomic E-state index is -1.27. The van der Waals surface area contributed by atoms with Crippen LogP contribution in [0.3, 0.4) is 0 Å². The first kappa shape index (κ1) is 30.7. The van der Waals surface area contributed by atoms with Crippen molar-refractivity contribution in [2.24, 2.45) is 17.3 Å². The molecule has 8 nitrogen and oxygen atoms in total. The fraction of sp³-hybridized carbons (Fsp3) is 0.533. The molecule has 0 radical (unpaired) electrons. The second kappa shape index (κ2) is 13.0. The average Bonchev–Trinajstić information content (AvgIpc) is 3.53. The van der Waals surface area contributed by atoms with E-state index in [4.69, 9.17) is 9.15 Å². The van der Waals surface area contributed by atoms with Crippen molar-refractivity contribution in [3.63, 3.8) is 0 Å². The molecule has 0 aromatic carbocycles. The number of ketones is 1. The zero-order valence-electron chi connectivity index (χ0n) is 23.8. The van der Waals surface area contributed by atoms with Crippen molar-refractivity contribution in [2.45, 2.75) is 86.0 Å². The molecule has 1 aliphatic rings. The van der Waals surface area contributed by atoms with E-state index in [0.717, 1.165) is 21.0 Å². The largest absolute Gasteiger partial charge is 0.457 e. The van der Waals surface area contributed by atoms with Gasteiger partial charge in [0, 0.05) is 12.3 Å². The van der Waals surface area contributed by atoms with Gasteiger partial charge in [0.1, 0.15) is 23.0 Å². The van der Waals surface area contributed by atoms with Crippen molar-refractivity contribution in [3.05, 3.63) is 52.5 Å². The van der Waals surface area contributed by atoms with Gasteiger partial charge in [-0.25, -0.2) is 9.97 Å². The van der Waals surface area contributed by atoms with Gasteiger partial charge in [-0.05, 0) is 44.8 Å². The predicted octanol–water partition coefficient (Wildman–Crippen LogP) is 5.70. The van der Waals surface area contributed by atoms with Crippen molar-refractivity contribution in [3.8, 4) is 10.8 Å². The van der Waals surface area contributed by atoms with Gasteiger partial charge in [0.05, 0.1) is 40.9 Å². The van der Waals surface area contributed by atoms with Crippen LogP contribution in [0.1, 0.15) is 71.5 Å². The lowest BCUT2D eigenvalue weighted by Gasteiger charge is -2.34. The van der Waals surface area contributed by atoms with Gasteiger partial charge in [-0.1, -0.05) is 51.5 Å². The Kier molecular flexibility index (Phi) is 10.2. The number of rotatable bonds is 3. The molecule has 0 unspecified atom stereocenters. The highest BCUT2D eigenvalue weighted by Crippen LogP contribution is 2.33. The van der Waals surface area contributed by atoms with Crippen molar-refractivity contribution in [1.29, 1.82) is 0 Å². The first-order valence-corrected chi connectivity index (χ1v) is 14.1. The maximum atomic E-state index is 13.3. The number of aromatic nitrogens is 2. The Morgan fingerprint density at radius 1 is 1.18 bits per heavy atom. The first-order chi connectivity index (χ1) is 18.3. The molecule has 0 saturated carbocycles. The minimum Gasteiger partial charge on any atom is -0.457 e. The summed E-state index contributed by atoms with van der Waals surface area (Å²) in [6.07, 6.45) is 8.81. The Morgan fingerprint density at radius 2 is 1.90 bits per heavy atom. The van der Waals surface area contributed by atoms with E-state index in [-0.39, 0.29) is 18.1 Å². The van der Waals surface area contributed by atoms with Crippen LogP contribution < -0.4 is 0 Å². The van der Waals surface area contributed by atoms with E-state index in [1.807, 2.05) is 52.0 Å². The van der Waals surface area contributed by atoms with Crippen LogP contribution in [0, 0.1) is 24.2 Å². The smallest absolute Gasteiger partial charge is 0.309 e. The Labute approximate surface area is 234 Å². The summed E-state index contributed by atoms with van der Waals surface area (Å²) < 4.78 is 11.4. The number of carbonyl (C=O) groups is 2. The molecule has 2 aromatic rings. The second-order valence-electron chi connectivity index (χ2n) is 11.0. The third kappa shape index (κ3) is 7.62. The van der Waals surface area contributed by atoms with Gasteiger partial charge in [0.2, 0.25) is 5.89 Å². The van der Waals surface area contributed by atoms with E-state index in [9.17, 15) is 19.8 Å². The molecule has 9 heteroatoms. The first-order valence-electron chi connectivity index (χ1n) is 13.3. The maximum Gasteiger partial charge on any atom is 0.309 e. The van der Waals surface area contributed by atoms with Crippen LogP contribution in [0.2, 0.25) is 0 Å². The van der Waals surface area contributed by atoms with E-state index < -0.39 is 35.6 Å². The highest BCUT2D eigenvalue weighted by atomic mass is 32.1. The molecule has 0 amide bonds. The van der Waals surface area contributed by atoms with Crippen LogP contribution in [0.4, 0.5) is 0 Å². The third-order valence-corrected chi connectivity index (χ3v) is 8.39. The summed E-state index contributed by atoms with van der Waals surface area (Å²) in [6.45, 7) is 12.5. The lowest BCUT2D eigenvalue weighted by atomic mass is 9.73. The summed E-state index contributed by atoms with van der Waals surface area (Å²) >= 11 is 1.47. The number of hydrogen-bond donors (Lipinski definition) is 2. The fourth-order valence-corrected chi connectivity index (χ4v) is 5.49. The summed E-state index contributed by atoms with van der Waals surface area (Å²) in [5.41, 5.74) is 1.18. The molecule has 1 aliphatic heterocycles. The second-order valence-corrected chi connectivity index (χ2v) is 12.2. The zero-order chi connectivity index (χ0) is 28.9. The molecule has 0 fully saturated rings. The standard InChI is InChI=1S/C30H40N2O6S/c1-17-9-8-10-18(2)26(35)20(4)28(36)30(6,7)24(33)16-25(34)38-23(12-11-17)19(3)15-22-27(39-21(5)32-22)29-31-13-14-37-29/h8-9,11,13-15,18,20,23-24,26,33,35H,10,12,16H2,1-7H3/b9-8+,17-11-,19-15+/t18-,20+,23-,24-,26-/m0/s1. The van der Waals surface area contributed by atoms with E-state index in [1.54, 1.807) is 27.0 Å². The van der Waals surface area contributed by atoms with Crippen LogP contribution in [0.15, 0.2) is 46.3 Å². The molecular weight excluding hydrogens is 516 g/mol. The highest BCUT2D eigenvalue weighted by molar-refractivity contribution is 7.15. The Morgan fingerprint density at radius 3 is 2.56 bits per heavy atom. The number of cyclic esters (lactones) is 1. The number of aryl methyl sites for hydroxylation is 1. The molecular formula is C30H40N2O6S. The number of ether oxygens (including phenoxy) is 1. The lowest BCUT2D eigenvalue weighted by Crippen LogP contribution is -2.45. The van der Waals surface area contributed by atoms with Gasteiger partial charge in [0.15, 0.2) is 0 Å². The van der Waals surface area contributed by atoms with Gasteiger partial charge >= 0.3 is 5.97 Å². The molecule has 0 saturated heterocycles. The summed E-state index contributed by atoms with van der Waals surface area (Å²) in [7, 11) is 0. The summed E-state index contributed by atoms with van der Waals surface area (Å²) in [5.74, 6) is -1.29. The monoisotopic (exact) mass is 556 g/mol. The van der Waals surface area contributed by atoms with Gasteiger partial charge in [-0.2, -0.15) is 0 Å². The number of nitrogens with zero attached hydrogens (tertiary/aromatic N) is 2. The molecule has 3 heterocycles. The van der Waals surface area contributed by atoms with Crippen LogP contribution >= 0.6 is 11.3 Å². The molecule has 2 aromatic heterocycles. The van der Waals surface area contributed by atoms with Crippen molar-refractivity contribution in [1.82, 2.24) is 9.97 Å². The molecule has 3 rings (SSSR count). The molecule has 0 aliphatic carbocycles. The fourth-order valence-electron chi connectivity index (χ4n) is 4.65. The molecule has 39 heavy (non-hydrogen) atoms. The molecule has 2 N–H and O–H groups in total. The maximum absolute atomic E-state index is 13.3. The number of aliphatic hydroxyl groups is 2. The van der Waals surface area contributed by atoms with E-state index >= 15 is 0 Å². The average molecular weight is 557 g/mol. The van der Waals surface area contributed by atoms with Crippen LogP contribution in [0.25, 0.3) is 16.8 Å². The lowest BCUT2D eigenvalue weighted by molar-refractivity contribution is -0.154. The molecule has 5 atom stereocenters. The van der Waals surface area contributed by atoms with E-state index in [1.165, 1.54) is 17.6 Å². The molecule has 0 spiro atoms.